The summed E-state index contributed by atoms with van der Waals surface area (Å²) in [5.74, 6) is 0.298. The fraction of sp³-hybridized carbons (Fsp3) is 0.600. The Hall–Kier alpha value is -1.52. The van der Waals surface area contributed by atoms with Crippen molar-refractivity contribution in [2.75, 3.05) is 26.2 Å². The van der Waals surface area contributed by atoms with Crippen molar-refractivity contribution in [1.29, 1.82) is 0 Å². The van der Waals surface area contributed by atoms with Crippen molar-refractivity contribution in [3.05, 3.63) is 35.7 Å². The minimum absolute atomic E-state index is 0.126. The number of rotatable bonds is 6. The van der Waals surface area contributed by atoms with Crippen LogP contribution in [0, 0.1) is 6.92 Å². The van der Waals surface area contributed by atoms with Gasteiger partial charge in [-0.25, -0.2) is 0 Å². The summed E-state index contributed by atoms with van der Waals surface area (Å²) >= 11 is 0. The Balaban J connectivity index is 1.41. The van der Waals surface area contributed by atoms with Crippen LogP contribution < -0.4 is 0 Å². The average molecular weight is 328 g/mol. The highest BCUT2D eigenvalue weighted by atomic mass is 16.5. The monoisotopic (exact) mass is 328 g/mol. The number of pyridine rings is 1. The van der Waals surface area contributed by atoms with Gasteiger partial charge in [0.1, 0.15) is 6.10 Å². The normalized spacial score (nSPS) is 22.2. The zero-order chi connectivity index (χ0) is 16.8. The van der Waals surface area contributed by atoms with E-state index in [0.29, 0.717) is 12.2 Å². The summed E-state index contributed by atoms with van der Waals surface area (Å²) in [6.07, 6.45) is 7.93. The molecular formula is C20H28N2O2. The van der Waals surface area contributed by atoms with Crippen LogP contribution in [0.4, 0.5) is 0 Å². The summed E-state index contributed by atoms with van der Waals surface area (Å²) in [4.78, 5) is 19.2. The van der Waals surface area contributed by atoms with E-state index in [2.05, 4.69) is 28.1 Å². The molecule has 1 saturated heterocycles. The summed E-state index contributed by atoms with van der Waals surface area (Å²) < 4.78 is 5.58. The number of aryl methyl sites for hydroxylation is 1. The fourth-order valence-corrected chi connectivity index (χ4v) is 3.50. The Morgan fingerprint density at radius 3 is 3.00 bits per heavy atom. The first kappa shape index (κ1) is 17.3. The van der Waals surface area contributed by atoms with E-state index in [4.69, 9.17) is 4.74 Å². The van der Waals surface area contributed by atoms with E-state index >= 15 is 0 Å². The lowest BCUT2D eigenvalue weighted by molar-refractivity contribution is -0.133. The topological polar surface area (TPSA) is 42.4 Å². The molecule has 0 spiro atoms. The standard InChI is InChI=1S/C20H28N2O2/c1-16-6-4-7-18(21-16)17-10-13-22(14-11-17)12-5-8-19(23)20-9-2-3-15-24-20/h4,6-7,10,20H,2-3,5,8-9,11-15H2,1H3. The minimum Gasteiger partial charge on any atom is -0.370 e. The number of aromatic nitrogens is 1. The summed E-state index contributed by atoms with van der Waals surface area (Å²) in [6, 6.07) is 6.20. The molecule has 0 bridgehead atoms. The molecule has 0 saturated carbocycles. The van der Waals surface area contributed by atoms with Gasteiger partial charge in [-0.2, -0.15) is 0 Å². The lowest BCUT2D eigenvalue weighted by Crippen LogP contribution is -2.31. The second-order valence-corrected chi connectivity index (χ2v) is 6.87. The summed E-state index contributed by atoms with van der Waals surface area (Å²) in [5, 5.41) is 0. The molecule has 3 heterocycles. The van der Waals surface area contributed by atoms with Crippen LogP contribution in [0.15, 0.2) is 24.3 Å². The van der Waals surface area contributed by atoms with Crippen molar-refractivity contribution >= 4 is 11.4 Å². The number of ether oxygens (including phenoxy) is 1. The predicted octanol–water partition coefficient (Wildman–Crippen LogP) is 3.40. The van der Waals surface area contributed by atoms with E-state index in [0.717, 1.165) is 69.7 Å². The third-order valence-corrected chi connectivity index (χ3v) is 4.95. The molecule has 1 aromatic rings. The molecular weight excluding hydrogens is 300 g/mol. The average Bonchev–Trinajstić information content (AvgIpc) is 2.63. The first-order chi connectivity index (χ1) is 11.7. The van der Waals surface area contributed by atoms with Gasteiger partial charge in [0.25, 0.3) is 0 Å². The van der Waals surface area contributed by atoms with Crippen LogP contribution in [0.1, 0.15) is 49.9 Å². The summed E-state index contributed by atoms with van der Waals surface area (Å²) in [6.45, 7) is 5.79. The molecule has 0 radical (unpaired) electrons. The van der Waals surface area contributed by atoms with E-state index in [-0.39, 0.29) is 6.10 Å². The molecule has 4 heteroatoms. The predicted molar refractivity (Wildman–Crippen MR) is 95.8 cm³/mol. The smallest absolute Gasteiger partial charge is 0.161 e. The van der Waals surface area contributed by atoms with Crippen LogP contribution in [0.25, 0.3) is 5.57 Å². The van der Waals surface area contributed by atoms with Gasteiger partial charge in [-0.3, -0.25) is 14.7 Å². The van der Waals surface area contributed by atoms with Gasteiger partial charge < -0.3 is 4.74 Å². The van der Waals surface area contributed by atoms with Gasteiger partial charge in [0.15, 0.2) is 5.78 Å². The van der Waals surface area contributed by atoms with Crippen LogP contribution in [-0.4, -0.2) is 48.0 Å². The van der Waals surface area contributed by atoms with Gasteiger partial charge in [0, 0.05) is 31.8 Å². The van der Waals surface area contributed by atoms with Gasteiger partial charge in [-0.15, -0.1) is 0 Å². The highest BCUT2D eigenvalue weighted by Crippen LogP contribution is 2.21. The Morgan fingerprint density at radius 2 is 2.29 bits per heavy atom. The molecule has 3 rings (SSSR count). The van der Waals surface area contributed by atoms with Crippen molar-refractivity contribution in [1.82, 2.24) is 9.88 Å². The lowest BCUT2D eigenvalue weighted by atomic mass is 10.0. The first-order valence-electron chi connectivity index (χ1n) is 9.22. The Kier molecular flexibility index (Phi) is 6.16. The van der Waals surface area contributed by atoms with Crippen molar-refractivity contribution in [3.8, 4) is 0 Å². The Morgan fingerprint density at radius 1 is 1.38 bits per heavy atom. The van der Waals surface area contributed by atoms with Crippen LogP contribution in [-0.2, 0) is 9.53 Å². The highest BCUT2D eigenvalue weighted by molar-refractivity contribution is 5.83. The molecule has 0 amide bonds. The number of carbonyl (C=O) groups is 1. The number of nitrogens with zero attached hydrogens (tertiary/aromatic N) is 2. The van der Waals surface area contributed by atoms with Crippen LogP contribution in [0.3, 0.4) is 0 Å². The third-order valence-electron chi connectivity index (χ3n) is 4.95. The molecule has 1 unspecified atom stereocenters. The van der Waals surface area contributed by atoms with Crippen LogP contribution in [0.2, 0.25) is 0 Å². The van der Waals surface area contributed by atoms with E-state index in [1.54, 1.807) is 0 Å². The fourth-order valence-electron chi connectivity index (χ4n) is 3.50. The molecule has 1 fully saturated rings. The van der Waals surface area contributed by atoms with Crippen molar-refractivity contribution in [2.45, 2.75) is 51.6 Å². The third kappa shape index (κ3) is 4.74. The Labute approximate surface area is 144 Å². The number of Topliss-reactive ketones (excluding diaryl/α,β-unsaturated/α-hetero) is 1. The number of ketones is 1. The van der Waals surface area contributed by atoms with Gasteiger partial charge in [0.05, 0.1) is 5.69 Å². The molecule has 2 aliphatic heterocycles. The zero-order valence-electron chi connectivity index (χ0n) is 14.7. The van der Waals surface area contributed by atoms with Crippen LogP contribution in [0.5, 0.6) is 0 Å². The molecule has 2 aliphatic rings. The van der Waals surface area contributed by atoms with E-state index in [1.807, 2.05) is 13.0 Å². The molecule has 0 N–H and O–H groups in total. The summed E-state index contributed by atoms with van der Waals surface area (Å²) in [7, 11) is 0. The van der Waals surface area contributed by atoms with Crippen molar-refractivity contribution in [3.63, 3.8) is 0 Å². The molecule has 0 aliphatic carbocycles. The van der Waals surface area contributed by atoms with Crippen molar-refractivity contribution in [2.24, 2.45) is 0 Å². The quantitative estimate of drug-likeness (QED) is 0.803. The van der Waals surface area contributed by atoms with E-state index in [9.17, 15) is 4.79 Å². The maximum atomic E-state index is 12.1. The van der Waals surface area contributed by atoms with Gasteiger partial charge in [-0.1, -0.05) is 12.1 Å². The van der Waals surface area contributed by atoms with Gasteiger partial charge in [0.2, 0.25) is 0 Å². The second kappa shape index (κ2) is 8.54. The molecule has 130 valence electrons. The highest BCUT2D eigenvalue weighted by Gasteiger charge is 2.21. The first-order valence-corrected chi connectivity index (χ1v) is 9.22. The van der Waals surface area contributed by atoms with Gasteiger partial charge >= 0.3 is 0 Å². The molecule has 4 nitrogen and oxygen atoms in total. The number of hydrogen-bond donors (Lipinski definition) is 0. The van der Waals surface area contributed by atoms with Crippen molar-refractivity contribution < 1.29 is 9.53 Å². The molecule has 1 aromatic heterocycles. The van der Waals surface area contributed by atoms with Gasteiger partial charge in [-0.05, 0) is 63.3 Å². The van der Waals surface area contributed by atoms with E-state index < -0.39 is 0 Å². The lowest BCUT2D eigenvalue weighted by Gasteiger charge is -2.26. The maximum Gasteiger partial charge on any atom is 0.161 e. The maximum absolute atomic E-state index is 12.1. The number of carbonyl (C=O) groups excluding carboxylic acids is 1. The van der Waals surface area contributed by atoms with Crippen LogP contribution >= 0.6 is 0 Å². The number of hydrogen-bond acceptors (Lipinski definition) is 4. The summed E-state index contributed by atoms with van der Waals surface area (Å²) in [5.41, 5.74) is 3.53. The molecule has 1 atom stereocenters. The zero-order valence-corrected chi connectivity index (χ0v) is 14.7. The second-order valence-electron chi connectivity index (χ2n) is 6.87. The molecule has 0 aromatic carbocycles. The van der Waals surface area contributed by atoms with E-state index in [1.165, 1.54) is 5.57 Å². The Bertz CT molecular complexity index is 591. The SMILES string of the molecule is Cc1cccc(C2=CCN(CCCC(=O)C3CCCCO3)CC2)n1. The largest absolute Gasteiger partial charge is 0.370 e. The molecule has 24 heavy (non-hydrogen) atoms. The minimum atomic E-state index is -0.126.